The molecule has 2 bridgehead atoms. The predicted octanol–water partition coefficient (Wildman–Crippen LogP) is 0.672. The maximum Gasteiger partial charge on any atom is 0.410 e. The zero-order valence-corrected chi connectivity index (χ0v) is 12.8. The van der Waals surface area contributed by atoms with Crippen molar-refractivity contribution in [3.05, 3.63) is 0 Å². The third-order valence-electron chi connectivity index (χ3n) is 4.15. The van der Waals surface area contributed by atoms with E-state index in [-0.39, 0.29) is 24.3 Å². The monoisotopic (exact) mass is 300 g/mol. The molecule has 2 rings (SSSR count). The molecule has 2 saturated heterocycles. The SMILES string of the molecule is CC(C)(C)OC(=O)N1CC2COCC(C1)C2(N)CC(=O)O. The van der Waals surface area contributed by atoms with Gasteiger partial charge in [-0.05, 0) is 20.8 Å². The average Bonchev–Trinajstić information content (AvgIpc) is 2.23. The summed E-state index contributed by atoms with van der Waals surface area (Å²) in [5.74, 6) is -1.29. The van der Waals surface area contributed by atoms with E-state index >= 15 is 0 Å². The largest absolute Gasteiger partial charge is 0.481 e. The lowest BCUT2D eigenvalue weighted by Gasteiger charge is -2.52. The summed E-state index contributed by atoms with van der Waals surface area (Å²) in [6, 6.07) is 0. The van der Waals surface area contributed by atoms with Crippen LogP contribution in [0.25, 0.3) is 0 Å². The molecule has 7 nitrogen and oxygen atoms in total. The van der Waals surface area contributed by atoms with Crippen LogP contribution in [0, 0.1) is 11.8 Å². The summed E-state index contributed by atoms with van der Waals surface area (Å²) in [6.45, 7) is 6.94. The first-order chi connectivity index (χ1) is 9.62. The van der Waals surface area contributed by atoms with Crippen LogP contribution in [-0.4, -0.2) is 59.5 Å². The molecule has 0 aromatic carbocycles. The first-order valence-electron chi connectivity index (χ1n) is 7.18. The third kappa shape index (κ3) is 3.47. The minimum atomic E-state index is -0.917. The number of nitrogens with zero attached hydrogens (tertiary/aromatic N) is 1. The van der Waals surface area contributed by atoms with Crippen LogP contribution >= 0.6 is 0 Å². The summed E-state index contributed by atoms with van der Waals surface area (Å²) in [5, 5.41) is 9.09. The summed E-state index contributed by atoms with van der Waals surface area (Å²) in [6.07, 6.45) is -0.481. The highest BCUT2D eigenvalue weighted by molar-refractivity contribution is 5.70. The Bertz CT molecular complexity index is 418. The summed E-state index contributed by atoms with van der Waals surface area (Å²) < 4.78 is 10.9. The van der Waals surface area contributed by atoms with Crippen molar-refractivity contribution in [2.24, 2.45) is 17.6 Å². The number of likely N-dealkylation sites (tertiary alicyclic amines) is 1. The van der Waals surface area contributed by atoms with Crippen molar-refractivity contribution in [2.45, 2.75) is 38.3 Å². The van der Waals surface area contributed by atoms with Crippen molar-refractivity contribution >= 4 is 12.1 Å². The normalized spacial score (nSPS) is 32.7. The molecule has 2 heterocycles. The van der Waals surface area contributed by atoms with Crippen LogP contribution in [0.1, 0.15) is 27.2 Å². The molecule has 120 valence electrons. The number of hydrogen-bond acceptors (Lipinski definition) is 5. The second-order valence-electron chi connectivity index (χ2n) is 7.00. The second-order valence-corrected chi connectivity index (χ2v) is 7.00. The predicted molar refractivity (Wildman–Crippen MR) is 74.8 cm³/mol. The van der Waals surface area contributed by atoms with Gasteiger partial charge in [0.1, 0.15) is 5.60 Å². The Balaban J connectivity index is 2.11. The van der Waals surface area contributed by atoms with E-state index in [1.807, 2.05) is 20.8 Å². The molecule has 0 aromatic heterocycles. The van der Waals surface area contributed by atoms with Gasteiger partial charge in [0.15, 0.2) is 0 Å². The standard InChI is InChI=1S/C14H24N2O5/c1-13(2,3)21-12(19)16-5-9-7-20-8-10(6-16)14(9,15)4-11(17)18/h9-10H,4-8,15H2,1-3H3,(H,17,18). The minimum Gasteiger partial charge on any atom is -0.481 e. The van der Waals surface area contributed by atoms with Crippen molar-refractivity contribution in [1.29, 1.82) is 0 Å². The lowest BCUT2D eigenvalue weighted by Crippen LogP contribution is -2.69. The van der Waals surface area contributed by atoms with Crippen molar-refractivity contribution in [3.63, 3.8) is 0 Å². The van der Waals surface area contributed by atoms with Gasteiger partial charge in [-0.3, -0.25) is 4.79 Å². The molecule has 7 heteroatoms. The molecule has 2 aliphatic heterocycles. The van der Waals surface area contributed by atoms with E-state index in [1.54, 1.807) is 4.90 Å². The van der Waals surface area contributed by atoms with Crippen LogP contribution in [0.5, 0.6) is 0 Å². The second kappa shape index (κ2) is 5.46. The quantitative estimate of drug-likeness (QED) is 0.777. The number of carbonyl (C=O) groups excluding carboxylic acids is 1. The van der Waals surface area contributed by atoms with E-state index in [0.717, 1.165) is 0 Å². The summed E-state index contributed by atoms with van der Waals surface area (Å²) in [4.78, 5) is 24.9. The molecule has 0 aliphatic carbocycles. The first kappa shape index (κ1) is 16.0. The van der Waals surface area contributed by atoms with Crippen LogP contribution in [0.4, 0.5) is 4.79 Å². The number of piperidine rings is 1. The van der Waals surface area contributed by atoms with E-state index in [4.69, 9.17) is 20.3 Å². The number of aliphatic carboxylic acids is 1. The van der Waals surface area contributed by atoms with Gasteiger partial charge in [0.25, 0.3) is 0 Å². The van der Waals surface area contributed by atoms with Crippen molar-refractivity contribution in [2.75, 3.05) is 26.3 Å². The topological polar surface area (TPSA) is 102 Å². The van der Waals surface area contributed by atoms with Gasteiger partial charge in [-0.15, -0.1) is 0 Å². The Morgan fingerprint density at radius 3 is 2.29 bits per heavy atom. The fourth-order valence-corrected chi connectivity index (χ4v) is 3.07. The van der Waals surface area contributed by atoms with Crippen molar-refractivity contribution < 1.29 is 24.2 Å². The molecule has 2 aliphatic rings. The molecule has 2 unspecified atom stereocenters. The van der Waals surface area contributed by atoms with Crippen LogP contribution in [0.2, 0.25) is 0 Å². The van der Waals surface area contributed by atoms with Crippen LogP contribution in [0.3, 0.4) is 0 Å². The summed E-state index contributed by atoms with van der Waals surface area (Å²) in [5.41, 5.74) is 4.99. The van der Waals surface area contributed by atoms with E-state index in [2.05, 4.69) is 0 Å². The Morgan fingerprint density at radius 1 is 1.33 bits per heavy atom. The van der Waals surface area contributed by atoms with Crippen LogP contribution in [-0.2, 0) is 14.3 Å². The van der Waals surface area contributed by atoms with E-state index in [1.165, 1.54) is 0 Å². The molecule has 0 saturated carbocycles. The van der Waals surface area contributed by atoms with Gasteiger partial charge in [0.05, 0.1) is 19.6 Å². The van der Waals surface area contributed by atoms with Gasteiger partial charge in [0.2, 0.25) is 0 Å². The Kier molecular flexibility index (Phi) is 4.17. The third-order valence-corrected chi connectivity index (χ3v) is 4.15. The van der Waals surface area contributed by atoms with E-state index < -0.39 is 17.1 Å². The molecule has 0 spiro atoms. The molecule has 0 aromatic rings. The average molecular weight is 300 g/mol. The lowest BCUT2D eigenvalue weighted by atomic mass is 9.68. The highest BCUT2D eigenvalue weighted by Crippen LogP contribution is 2.38. The van der Waals surface area contributed by atoms with Gasteiger partial charge < -0.3 is 25.2 Å². The number of carbonyl (C=O) groups is 2. The first-order valence-corrected chi connectivity index (χ1v) is 7.18. The maximum absolute atomic E-state index is 12.2. The van der Waals surface area contributed by atoms with Gasteiger partial charge >= 0.3 is 12.1 Å². The number of rotatable bonds is 2. The van der Waals surface area contributed by atoms with Crippen LogP contribution < -0.4 is 5.73 Å². The molecule has 1 amide bonds. The van der Waals surface area contributed by atoms with Crippen molar-refractivity contribution in [3.8, 4) is 0 Å². The smallest absolute Gasteiger partial charge is 0.410 e. The molecule has 2 atom stereocenters. The highest BCUT2D eigenvalue weighted by Gasteiger charge is 2.52. The molecule has 21 heavy (non-hydrogen) atoms. The zero-order valence-electron chi connectivity index (χ0n) is 12.8. The number of carboxylic acid groups (broad SMARTS) is 1. The number of hydrogen-bond donors (Lipinski definition) is 2. The Hall–Kier alpha value is -1.34. The molecular formula is C14H24N2O5. The maximum atomic E-state index is 12.2. The highest BCUT2D eigenvalue weighted by atomic mass is 16.6. The minimum absolute atomic E-state index is 0.103. The Labute approximate surface area is 124 Å². The molecule has 0 radical (unpaired) electrons. The molecule has 3 N–H and O–H groups in total. The lowest BCUT2D eigenvalue weighted by molar-refractivity contribution is -0.146. The van der Waals surface area contributed by atoms with Crippen molar-refractivity contribution in [1.82, 2.24) is 4.90 Å². The molecular weight excluding hydrogens is 276 g/mol. The summed E-state index contributed by atoms with van der Waals surface area (Å²) >= 11 is 0. The number of carboxylic acids is 1. The van der Waals surface area contributed by atoms with Gasteiger partial charge in [-0.1, -0.05) is 0 Å². The van der Waals surface area contributed by atoms with Gasteiger partial charge in [-0.25, -0.2) is 4.79 Å². The van der Waals surface area contributed by atoms with E-state index in [9.17, 15) is 9.59 Å². The number of nitrogens with two attached hydrogens (primary N) is 1. The fourth-order valence-electron chi connectivity index (χ4n) is 3.07. The fraction of sp³-hybridized carbons (Fsp3) is 0.857. The summed E-state index contributed by atoms with van der Waals surface area (Å²) in [7, 11) is 0. The van der Waals surface area contributed by atoms with Crippen LogP contribution in [0.15, 0.2) is 0 Å². The zero-order chi connectivity index (χ0) is 15.8. The number of amides is 1. The van der Waals surface area contributed by atoms with Gasteiger partial charge in [-0.2, -0.15) is 0 Å². The molecule has 2 fully saturated rings. The number of fused-ring (bicyclic) bond motifs is 2. The Morgan fingerprint density at radius 2 is 1.86 bits per heavy atom. The number of ether oxygens (including phenoxy) is 2. The van der Waals surface area contributed by atoms with Gasteiger partial charge in [0, 0.05) is 30.5 Å². The van der Waals surface area contributed by atoms with E-state index in [0.29, 0.717) is 26.3 Å².